The van der Waals surface area contributed by atoms with Crippen molar-refractivity contribution in [2.75, 3.05) is 6.61 Å². The zero-order valence-corrected chi connectivity index (χ0v) is 13.4. The Morgan fingerprint density at radius 2 is 2.00 bits per heavy atom. The van der Waals surface area contributed by atoms with Crippen LogP contribution < -0.4 is 10.6 Å². The van der Waals surface area contributed by atoms with Crippen molar-refractivity contribution in [2.45, 2.75) is 44.2 Å². The van der Waals surface area contributed by atoms with Gasteiger partial charge in [-0.15, -0.1) is 0 Å². The van der Waals surface area contributed by atoms with Crippen LogP contribution in [0.5, 0.6) is 0 Å². The Hall–Kier alpha value is -1.81. The van der Waals surface area contributed by atoms with Gasteiger partial charge in [-0.2, -0.15) is 0 Å². The fourth-order valence-electron chi connectivity index (χ4n) is 3.41. The summed E-state index contributed by atoms with van der Waals surface area (Å²) in [5.74, 6) is 0.894. The second-order valence-corrected chi connectivity index (χ2v) is 6.78. The fraction of sp³-hybridized carbons (Fsp3) is 0.526. The molecule has 0 aromatic heterocycles. The van der Waals surface area contributed by atoms with Gasteiger partial charge < -0.3 is 15.7 Å². The van der Waals surface area contributed by atoms with E-state index in [9.17, 15) is 4.79 Å². The van der Waals surface area contributed by atoms with E-state index in [2.05, 4.69) is 22.8 Å². The van der Waals surface area contributed by atoms with Crippen molar-refractivity contribution in [2.24, 2.45) is 11.8 Å². The molecule has 1 aromatic carbocycles. The minimum Gasteiger partial charge on any atom is -0.396 e. The van der Waals surface area contributed by atoms with Crippen LogP contribution in [0.15, 0.2) is 42.5 Å². The largest absolute Gasteiger partial charge is 0.396 e. The molecule has 3 rings (SSSR count). The van der Waals surface area contributed by atoms with Gasteiger partial charge in [-0.05, 0) is 24.3 Å². The number of aliphatic hydroxyl groups is 1. The van der Waals surface area contributed by atoms with E-state index >= 15 is 0 Å². The maximum Gasteiger partial charge on any atom is 0.315 e. The lowest BCUT2D eigenvalue weighted by molar-refractivity contribution is 0.220. The van der Waals surface area contributed by atoms with Crippen LogP contribution in [0.25, 0.3) is 0 Å². The number of benzene rings is 1. The summed E-state index contributed by atoms with van der Waals surface area (Å²) in [5, 5.41) is 15.3. The van der Waals surface area contributed by atoms with Crippen LogP contribution in [0.3, 0.4) is 0 Å². The molecule has 23 heavy (non-hydrogen) atoms. The maximum absolute atomic E-state index is 12.3. The molecule has 3 atom stereocenters. The smallest absolute Gasteiger partial charge is 0.315 e. The Morgan fingerprint density at radius 1 is 1.22 bits per heavy atom. The Balaban J connectivity index is 1.57. The number of nitrogens with one attached hydrogen (secondary N) is 2. The van der Waals surface area contributed by atoms with Gasteiger partial charge in [-0.3, -0.25) is 0 Å². The van der Waals surface area contributed by atoms with Crippen molar-refractivity contribution in [1.29, 1.82) is 0 Å². The van der Waals surface area contributed by atoms with Crippen molar-refractivity contribution < 1.29 is 9.90 Å². The molecular formula is C19H26N2O2. The molecule has 1 fully saturated rings. The zero-order chi connectivity index (χ0) is 16.1. The summed E-state index contributed by atoms with van der Waals surface area (Å²) in [4.78, 5) is 12.3. The first-order valence-corrected chi connectivity index (χ1v) is 8.65. The number of rotatable bonds is 6. The first kappa shape index (κ1) is 16.1. The van der Waals surface area contributed by atoms with Crippen LogP contribution in [0.1, 0.15) is 43.7 Å². The number of urea groups is 1. The minimum atomic E-state index is -0.119. The lowest BCUT2D eigenvalue weighted by Gasteiger charge is -2.30. The monoisotopic (exact) mass is 314 g/mol. The molecule has 0 spiro atoms. The summed E-state index contributed by atoms with van der Waals surface area (Å²) in [7, 11) is 0. The average molecular weight is 314 g/mol. The number of carbonyl (C=O) groups is 1. The molecule has 4 heteroatoms. The second-order valence-electron chi connectivity index (χ2n) is 6.78. The number of hydrogen-bond donors (Lipinski definition) is 3. The van der Waals surface area contributed by atoms with Crippen molar-refractivity contribution in [3.63, 3.8) is 0 Å². The van der Waals surface area contributed by atoms with Gasteiger partial charge in [0.25, 0.3) is 0 Å². The van der Waals surface area contributed by atoms with Gasteiger partial charge in [0.1, 0.15) is 0 Å². The summed E-state index contributed by atoms with van der Waals surface area (Å²) < 4.78 is 0. The third-order valence-corrected chi connectivity index (χ3v) is 5.02. The Kier molecular flexibility index (Phi) is 5.34. The van der Waals surface area contributed by atoms with Crippen molar-refractivity contribution >= 4 is 6.03 Å². The summed E-state index contributed by atoms with van der Waals surface area (Å²) in [6, 6.07) is 10.2. The molecule has 0 unspecified atom stereocenters. The number of amides is 2. The van der Waals surface area contributed by atoms with Gasteiger partial charge >= 0.3 is 6.03 Å². The Labute approximate surface area is 138 Å². The lowest BCUT2D eigenvalue weighted by Crippen LogP contribution is -2.43. The summed E-state index contributed by atoms with van der Waals surface area (Å²) in [6.45, 7) is 0.143. The first-order chi connectivity index (χ1) is 11.2. The first-order valence-electron chi connectivity index (χ1n) is 8.65. The van der Waals surface area contributed by atoms with Crippen LogP contribution in [-0.4, -0.2) is 23.8 Å². The summed E-state index contributed by atoms with van der Waals surface area (Å²) in [5.41, 5.74) is 1.17. The van der Waals surface area contributed by atoms with E-state index in [0.717, 1.165) is 18.8 Å². The topological polar surface area (TPSA) is 61.4 Å². The predicted octanol–water partition coefficient (Wildman–Crippen LogP) is 3.15. The van der Waals surface area contributed by atoms with Gasteiger partial charge in [0.2, 0.25) is 0 Å². The number of hydrogen-bond acceptors (Lipinski definition) is 2. The molecule has 2 amide bonds. The molecule has 0 aliphatic heterocycles. The minimum absolute atomic E-state index is 0.0206. The quantitative estimate of drug-likeness (QED) is 0.706. The van der Waals surface area contributed by atoms with Gasteiger partial charge in [0, 0.05) is 18.6 Å². The highest BCUT2D eigenvalue weighted by Crippen LogP contribution is 2.34. The van der Waals surface area contributed by atoms with E-state index in [0.29, 0.717) is 0 Å². The van der Waals surface area contributed by atoms with E-state index in [1.165, 1.54) is 24.8 Å². The Bertz CT molecular complexity index is 540. The Morgan fingerprint density at radius 3 is 2.61 bits per heavy atom. The molecule has 0 heterocycles. The summed E-state index contributed by atoms with van der Waals surface area (Å²) in [6.07, 6.45) is 9.61. The number of aliphatic hydroxyl groups excluding tert-OH is 1. The highest BCUT2D eigenvalue weighted by Gasteiger charge is 2.25. The average Bonchev–Trinajstić information content (AvgIpc) is 2.98. The SMILES string of the molecule is O=C(N[C@@H]1C=C[C@H](CO)C1)N[C@H](CC1CCC1)c1ccccc1. The van der Waals surface area contributed by atoms with Crippen LogP contribution in [0.2, 0.25) is 0 Å². The van der Waals surface area contributed by atoms with E-state index in [4.69, 9.17) is 5.11 Å². The van der Waals surface area contributed by atoms with Gasteiger partial charge in [0.05, 0.1) is 6.04 Å². The highest BCUT2D eigenvalue weighted by atomic mass is 16.3. The molecule has 1 aromatic rings. The van der Waals surface area contributed by atoms with Crippen LogP contribution in [0, 0.1) is 11.8 Å². The van der Waals surface area contributed by atoms with E-state index in [1.54, 1.807) is 0 Å². The molecule has 0 saturated heterocycles. The van der Waals surface area contributed by atoms with E-state index in [1.807, 2.05) is 30.4 Å². The zero-order valence-electron chi connectivity index (χ0n) is 13.4. The van der Waals surface area contributed by atoms with Gasteiger partial charge in [0.15, 0.2) is 0 Å². The fourth-order valence-corrected chi connectivity index (χ4v) is 3.41. The normalized spacial score (nSPS) is 24.9. The second kappa shape index (κ2) is 7.64. The van der Waals surface area contributed by atoms with Gasteiger partial charge in [-0.25, -0.2) is 4.79 Å². The van der Waals surface area contributed by atoms with Crippen molar-refractivity contribution in [3.8, 4) is 0 Å². The van der Waals surface area contributed by atoms with Gasteiger partial charge in [-0.1, -0.05) is 61.7 Å². The highest BCUT2D eigenvalue weighted by molar-refractivity contribution is 5.75. The lowest BCUT2D eigenvalue weighted by atomic mass is 9.79. The third kappa shape index (κ3) is 4.35. The molecule has 2 aliphatic rings. The van der Waals surface area contributed by atoms with E-state index < -0.39 is 0 Å². The molecule has 3 N–H and O–H groups in total. The number of carbonyl (C=O) groups excluding carboxylic acids is 1. The molecule has 0 radical (unpaired) electrons. The van der Waals surface area contributed by atoms with Crippen LogP contribution >= 0.6 is 0 Å². The molecule has 124 valence electrons. The third-order valence-electron chi connectivity index (χ3n) is 5.02. The maximum atomic E-state index is 12.3. The van der Waals surface area contributed by atoms with E-state index in [-0.39, 0.29) is 30.6 Å². The molecule has 2 aliphatic carbocycles. The summed E-state index contributed by atoms with van der Waals surface area (Å²) >= 11 is 0. The molecule has 1 saturated carbocycles. The van der Waals surface area contributed by atoms with Crippen molar-refractivity contribution in [1.82, 2.24) is 10.6 Å². The van der Waals surface area contributed by atoms with Crippen LogP contribution in [0.4, 0.5) is 4.79 Å². The van der Waals surface area contributed by atoms with Crippen LogP contribution in [-0.2, 0) is 0 Å². The standard InChI is InChI=1S/C19H26N2O2/c22-13-15-9-10-17(11-15)20-19(23)21-18(12-14-5-4-6-14)16-7-2-1-3-8-16/h1-3,7-10,14-15,17-18,22H,4-6,11-13H2,(H2,20,21,23)/t15-,17+,18+/m0/s1. The molecule has 4 nitrogen and oxygen atoms in total. The molecular weight excluding hydrogens is 288 g/mol. The van der Waals surface area contributed by atoms with Crippen molar-refractivity contribution in [3.05, 3.63) is 48.0 Å². The molecule has 0 bridgehead atoms. The predicted molar refractivity (Wildman–Crippen MR) is 90.9 cm³/mol.